The fourth-order valence-corrected chi connectivity index (χ4v) is 20.3. The fraction of sp³-hybridized carbons (Fsp3) is 0. The molecule has 600 valence electrons. The molecule has 0 unspecified atom stereocenters. The average Bonchev–Trinajstić information content (AvgIpc) is 1.57. The number of para-hydroxylation sites is 12. The molecule has 6 heterocycles. The van der Waals surface area contributed by atoms with Gasteiger partial charge in [-0.2, -0.15) is 0 Å². The van der Waals surface area contributed by atoms with Gasteiger partial charge >= 0.3 is 0 Å². The number of fused-ring (bicyclic) bond motifs is 18. The van der Waals surface area contributed by atoms with E-state index in [4.69, 9.17) is 0 Å². The molecule has 0 aliphatic heterocycles. The number of anilines is 6. The smallest absolute Gasteiger partial charge is 0.0561 e. The highest BCUT2D eigenvalue weighted by molar-refractivity contribution is 6.16. The third-order valence-electron chi connectivity index (χ3n) is 26.0. The first-order chi connectivity index (χ1) is 63.5. The van der Waals surface area contributed by atoms with Crippen molar-refractivity contribution in [3.8, 4) is 56.4 Å². The average molecular weight is 1630 g/mol. The Morgan fingerprint density at radius 3 is 0.547 bits per heavy atom. The molecule has 0 spiro atoms. The van der Waals surface area contributed by atoms with Gasteiger partial charge in [0.2, 0.25) is 0 Å². The first-order valence-electron chi connectivity index (χ1n) is 43.9. The van der Waals surface area contributed by atoms with E-state index < -0.39 is 0 Å². The van der Waals surface area contributed by atoms with Crippen LogP contribution in [0.15, 0.2) is 485 Å². The van der Waals surface area contributed by atoms with Gasteiger partial charge in [-0.05, 0) is 216 Å². The number of aromatic nitrogens is 6. The minimum absolute atomic E-state index is 1.09. The summed E-state index contributed by atoms with van der Waals surface area (Å²) in [6.45, 7) is 0. The van der Waals surface area contributed by atoms with Crippen LogP contribution in [0.4, 0.5) is 34.1 Å². The van der Waals surface area contributed by atoms with Crippen molar-refractivity contribution in [3.63, 3.8) is 0 Å². The quantitative estimate of drug-likeness (QED) is 0.109. The van der Waals surface area contributed by atoms with Crippen LogP contribution < -0.4 is 9.80 Å². The van der Waals surface area contributed by atoms with Gasteiger partial charge in [0.1, 0.15) is 0 Å². The van der Waals surface area contributed by atoms with Crippen LogP contribution in [0.25, 0.3) is 187 Å². The van der Waals surface area contributed by atoms with Crippen LogP contribution in [0, 0.1) is 0 Å². The molecule has 0 fully saturated rings. The first kappa shape index (κ1) is 73.5. The standard InChI is InChI=1S/C60H38N4.C60H42N4/c1-9-21-55-45(13-1)46-14-2-10-22-56(46)63(55)43-33-35-51-49-17-5-7-19-53(49)61(59(51)37-43)41-29-25-39(26-30-41)40-27-31-42(32-28-40)62-54-20-8-6-18-50(54)52-36-34-44(38-60(52)62)64-57-23-11-3-15-47(57)48-16-4-12-24-58(48)64;1-5-17-45(18-6-1)61(51-37-39-55-53-25-13-15-27-57(53)63(59(55)41-51)47-21-9-3-10-22-47)49-33-29-43(30-34-49)44-31-35-50(36-32-44)62(46-19-7-2-8-20-46)52-38-40-56-54-26-14-16-28-58(54)64(60(56)42-52)48-23-11-4-12-24-48/h1-38H;1-42H. The number of hydrogen-bond donors (Lipinski definition) is 0. The molecule has 0 saturated carbocycles. The second-order valence-corrected chi connectivity index (χ2v) is 33.2. The van der Waals surface area contributed by atoms with E-state index in [1.165, 1.54) is 142 Å². The summed E-state index contributed by atoms with van der Waals surface area (Å²) in [7, 11) is 0. The van der Waals surface area contributed by atoms with Crippen molar-refractivity contribution in [1.29, 1.82) is 0 Å². The predicted molar refractivity (Wildman–Crippen MR) is 539 cm³/mol. The molecule has 0 radical (unpaired) electrons. The molecule has 0 saturated heterocycles. The lowest BCUT2D eigenvalue weighted by Gasteiger charge is -2.26. The van der Waals surface area contributed by atoms with Crippen LogP contribution in [-0.4, -0.2) is 27.4 Å². The van der Waals surface area contributed by atoms with Gasteiger partial charge in [-0.15, -0.1) is 0 Å². The monoisotopic (exact) mass is 1630 g/mol. The molecule has 26 aromatic rings. The van der Waals surface area contributed by atoms with Crippen molar-refractivity contribution in [2.45, 2.75) is 0 Å². The molecule has 0 atom stereocenters. The van der Waals surface area contributed by atoms with E-state index in [0.29, 0.717) is 0 Å². The van der Waals surface area contributed by atoms with Crippen molar-refractivity contribution in [2.75, 3.05) is 9.80 Å². The van der Waals surface area contributed by atoms with E-state index in [0.717, 1.165) is 79.4 Å². The predicted octanol–water partition coefficient (Wildman–Crippen LogP) is 32.2. The first-order valence-corrected chi connectivity index (χ1v) is 43.9. The molecule has 6 aromatic heterocycles. The highest BCUT2D eigenvalue weighted by Gasteiger charge is 2.24. The van der Waals surface area contributed by atoms with E-state index in [2.05, 4.69) is 523 Å². The van der Waals surface area contributed by atoms with Crippen molar-refractivity contribution in [3.05, 3.63) is 485 Å². The molecule has 128 heavy (non-hydrogen) atoms. The molecular formula is C120H80N8. The zero-order valence-corrected chi connectivity index (χ0v) is 69.8. The summed E-state index contributed by atoms with van der Waals surface area (Å²) in [5, 5.41) is 15.0. The maximum Gasteiger partial charge on any atom is 0.0561 e. The molecule has 26 rings (SSSR count). The molecule has 8 nitrogen and oxygen atoms in total. The van der Waals surface area contributed by atoms with Gasteiger partial charge in [-0.1, -0.05) is 291 Å². The Balaban J connectivity index is 0.000000139. The fourth-order valence-electron chi connectivity index (χ4n) is 20.3. The lowest BCUT2D eigenvalue weighted by atomic mass is 10.0. The van der Waals surface area contributed by atoms with Gasteiger partial charge in [0, 0.05) is 133 Å². The van der Waals surface area contributed by atoms with Crippen molar-refractivity contribution >= 4 is 165 Å². The Kier molecular flexibility index (Phi) is 17.5. The highest BCUT2D eigenvalue weighted by Crippen LogP contribution is 2.46. The lowest BCUT2D eigenvalue weighted by molar-refractivity contribution is 1.15. The number of rotatable bonds is 14. The molecular weight excluding hydrogens is 1550 g/mol. The van der Waals surface area contributed by atoms with Crippen LogP contribution in [0.5, 0.6) is 0 Å². The Morgan fingerprint density at radius 1 is 0.109 bits per heavy atom. The SMILES string of the molecule is c1ccc(N(c2ccc(-c3ccc(N(c4ccccc4)c4ccc5c6ccccc6n(-c6ccccc6)c5c4)cc3)cc2)c2ccc3c4ccccc4n(-c4ccccc4)c3c2)cc1.c1ccc2c(c1)c1ccccc1n2-c1ccc2c3ccccc3n(-c3ccc(-c4ccc(-n5c6ccccc6c6ccc(-n7c8ccccc8c8ccccc87)cc65)cc4)cc3)c2c1. The number of hydrogen-bond acceptors (Lipinski definition) is 2. The van der Waals surface area contributed by atoms with E-state index in [9.17, 15) is 0 Å². The Morgan fingerprint density at radius 2 is 0.281 bits per heavy atom. The Labute approximate surface area is 738 Å². The van der Waals surface area contributed by atoms with Crippen molar-refractivity contribution in [1.82, 2.24) is 27.4 Å². The maximum absolute atomic E-state index is 2.42. The molecule has 20 aromatic carbocycles. The lowest BCUT2D eigenvalue weighted by Crippen LogP contribution is -2.10. The topological polar surface area (TPSA) is 36.1 Å². The largest absolute Gasteiger partial charge is 0.310 e. The number of benzene rings is 20. The minimum Gasteiger partial charge on any atom is -0.310 e. The van der Waals surface area contributed by atoms with Crippen LogP contribution in [0.2, 0.25) is 0 Å². The summed E-state index contributed by atoms with van der Waals surface area (Å²) in [5.74, 6) is 0. The summed E-state index contributed by atoms with van der Waals surface area (Å²) >= 11 is 0. The second kappa shape index (κ2) is 30.4. The summed E-state index contributed by atoms with van der Waals surface area (Å²) in [5.41, 5.74) is 32.4. The van der Waals surface area contributed by atoms with Gasteiger partial charge in [0.25, 0.3) is 0 Å². The number of nitrogens with zero attached hydrogens (tertiary/aromatic N) is 8. The Hall–Kier alpha value is -17.2. The van der Waals surface area contributed by atoms with Crippen molar-refractivity contribution in [2.24, 2.45) is 0 Å². The van der Waals surface area contributed by atoms with E-state index in [1.54, 1.807) is 0 Å². The zero-order valence-electron chi connectivity index (χ0n) is 69.8. The van der Waals surface area contributed by atoms with Crippen LogP contribution in [0.3, 0.4) is 0 Å². The van der Waals surface area contributed by atoms with E-state index in [1.807, 2.05) is 0 Å². The van der Waals surface area contributed by atoms with Crippen LogP contribution >= 0.6 is 0 Å². The van der Waals surface area contributed by atoms with Crippen LogP contribution in [0.1, 0.15) is 0 Å². The third kappa shape index (κ3) is 12.1. The van der Waals surface area contributed by atoms with Crippen molar-refractivity contribution < 1.29 is 0 Å². The summed E-state index contributed by atoms with van der Waals surface area (Å²) in [6.07, 6.45) is 0. The second-order valence-electron chi connectivity index (χ2n) is 33.2. The molecule has 0 N–H and O–H groups in total. The van der Waals surface area contributed by atoms with E-state index >= 15 is 0 Å². The summed E-state index contributed by atoms with van der Waals surface area (Å²) < 4.78 is 14.4. The summed E-state index contributed by atoms with van der Waals surface area (Å²) in [6, 6.07) is 176. The normalized spacial score (nSPS) is 11.8. The molecule has 0 bridgehead atoms. The van der Waals surface area contributed by atoms with Gasteiger partial charge in [0.15, 0.2) is 0 Å². The van der Waals surface area contributed by atoms with Gasteiger partial charge in [0.05, 0.1) is 66.2 Å². The third-order valence-corrected chi connectivity index (χ3v) is 26.0. The van der Waals surface area contributed by atoms with Crippen LogP contribution in [-0.2, 0) is 0 Å². The molecule has 0 amide bonds. The Bertz CT molecular complexity index is 8160. The summed E-state index contributed by atoms with van der Waals surface area (Å²) in [4.78, 5) is 4.70. The van der Waals surface area contributed by atoms with Gasteiger partial charge < -0.3 is 37.2 Å². The minimum atomic E-state index is 1.09. The zero-order chi connectivity index (χ0) is 84.3. The highest BCUT2D eigenvalue weighted by atomic mass is 15.2. The molecule has 0 aliphatic rings. The van der Waals surface area contributed by atoms with Gasteiger partial charge in [-0.25, -0.2) is 0 Å². The van der Waals surface area contributed by atoms with E-state index in [-0.39, 0.29) is 0 Å². The maximum atomic E-state index is 2.42. The molecule has 8 heteroatoms. The molecule has 0 aliphatic carbocycles. The van der Waals surface area contributed by atoms with Gasteiger partial charge in [-0.3, -0.25) is 0 Å².